The molecule has 1 aromatic heterocycles. The second-order valence-electron chi connectivity index (χ2n) is 9.08. The molecule has 2 heterocycles. The summed E-state index contributed by atoms with van der Waals surface area (Å²) in [6, 6.07) is 17.3. The fourth-order valence-electron chi connectivity index (χ4n) is 4.94. The third kappa shape index (κ3) is 5.96. The quantitative estimate of drug-likeness (QED) is 0.408. The van der Waals surface area contributed by atoms with Gasteiger partial charge >= 0.3 is 6.15 Å². The number of nitrogens with one attached hydrogen (secondary N) is 1. The number of anilines is 1. The summed E-state index contributed by atoms with van der Waals surface area (Å²) in [6.45, 7) is 6.81. The Morgan fingerprint density at radius 3 is 2.53 bits per heavy atom. The molecule has 0 radical (unpaired) electrons. The monoisotopic (exact) mass is 456 g/mol. The first-order chi connectivity index (χ1) is 16.7. The summed E-state index contributed by atoms with van der Waals surface area (Å²) in [7, 11) is 0. The molecule has 34 heavy (non-hydrogen) atoms. The molecule has 0 amide bonds. The Morgan fingerprint density at radius 2 is 1.76 bits per heavy atom. The summed E-state index contributed by atoms with van der Waals surface area (Å²) < 4.78 is 0. The normalized spacial score (nSPS) is 14.4. The molecule has 1 aliphatic heterocycles. The van der Waals surface area contributed by atoms with E-state index >= 15 is 0 Å². The van der Waals surface area contributed by atoms with Gasteiger partial charge in [0.1, 0.15) is 11.6 Å². The molecule has 0 atom stereocenters. The molecule has 0 saturated carbocycles. The van der Waals surface area contributed by atoms with Gasteiger partial charge in [0.2, 0.25) is 0 Å². The Kier molecular flexibility index (Phi) is 8.18. The van der Waals surface area contributed by atoms with Crippen LogP contribution in [0.5, 0.6) is 0 Å². The third-order valence-corrected chi connectivity index (χ3v) is 6.52. The number of aromatic nitrogens is 2. The van der Waals surface area contributed by atoms with Crippen LogP contribution < -0.4 is 5.32 Å². The van der Waals surface area contributed by atoms with Gasteiger partial charge in [0.05, 0.1) is 5.69 Å². The highest BCUT2D eigenvalue weighted by Crippen LogP contribution is 2.40. The van der Waals surface area contributed by atoms with E-state index in [0.29, 0.717) is 0 Å². The number of piperidine rings is 1. The van der Waals surface area contributed by atoms with Crippen molar-refractivity contribution in [3.63, 3.8) is 0 Å². The van der Waals surface area contributed by atoms with E-state index in [-0.39, 0.29) is 6.15 Å². The number of likely N-dealkylation sites (tertiary alicyclic amines) is 1. The van der Waals surface area contributed by atoms with Crippen molar-refractivity contribution in [2.45, 2.75) is 45.4 Å². The van der Waals surface area contributed by atoms with E-state index in [4.69, 9.17) is 19.6 Å². The Hall–Kier alpha value is -3.34. The molecular weight excluding hydrogens is 424 g/mol. The largest absolute Gasteiger partial charge is 0.373 e. The average molecular weight is 457 g/mol. The molecule has 5 rings (SSSR count). The first kappa shape index (κ1) is 23.8. The summed E-state index contributed by atoms with van der Waals surface area (Å²) >= 11 is 0. The van der Waals surface area contributed by atoms with Gasteiger partial charge in [-0.15, -0.1) is 0 Å². The van der Waals surface area contributed by atoms with E-state index in [1.807, 2.05) is 0 Å². The molecular formula is C28H32N4O2. The molecule has 0 bridgehead atoms. The lowest BCUT2D eigenvalue weighted by Crippen LogP contribution is -2.31. The van der Waals surface area contributed by atoms with Gasteiger partial charge in [0, 0.05) is 24.9 Å². The van der Waals surface area contributed by atoms with Crippen LogP contribution in [0.25, 0.3) is 11.1 Å². The van der Waals surface area contributed by atoms with Gasteiger partial charge in [-0.1, -0.05) is 60.5 Å². The van der Waals surface area contributed by atoms with Crippen LogP contribution in [-0.4, -0.2) is 47.2 Å². The number of nitrogens with zero attached hydrogens (tertiary/aromatic N) is 3. The molecule has 176 valence electrons. The minimum Gasteiger partial charge on any atom is -0.369 e. The fourth-order valence-corrected chi connectivity index (χ4v) is 4.94. The van der Waals surface area contributed by atoms with Crippen LogP contribution in [0.15, 0.2) is 48.5 Å². The summed E-state index contributed by atoms with van der Waals surface area (Å²) in [5, 5.41) is 3.69. The highest BCUT2D eigenvalue weighted by Gasteiger charge is 2.25. The standard InChI is InChI=1S/C27H32N4.CO2/c1-20-11-12-23-22(17-20)19-24-26(23)27(28-13-8-16-31-14-6-3-7-15-31)30-25(29-24)18-21-9-4-2-5-10-21;2-1-3/h2,4-5,9-12,17H,3,6-8,13-16,18-19H2,1H3,(H,28,29,30);. The summed E-state index contributed by atoms with van der Waals surface area (Å²) in [4.78, 5) is 28.9. The molecule has 6 nitrogen and oxygen atoms in total. The van der Waals surface area contributed by atoms with Crippen molar-refractivity contribution in [3.05, 3.63) is 76.7 Å². The van der Waals surface area contributed by atoms with Crippen molar-refractivity contribution in [3.8, 4) is 11.1 Å². The van der Waals surface area contributed by atoms with E-state index in [1.165, 1.54) is 72.4 Å². The van der Waals surface area contributed by atoms with E-state index in [1.54, 1.807) is 0 Å². The van der Waals surface area contributed by atoms with E-state index in [2.05, 4.69) is 65.7 Å². The maximum absolute atomic E-state index is 8.12. The van der Waals surface area contributed by atoms with E-state index < -0.39 is 0 Å². The lowest BCUT2D eigenvalue weighted by Gasteiger charge is -2.26. The average Bonchev–Trinajstić information content (AvgIpc) is 3.21. The van der Waals surface area contributed by atoms with Crippen molar-refractivity contribution in [2.24, 2.45) is 0 Å². The van der Waals surface area contributed by atoms with Crippen molar-refractivity contribution in [1.29, 1.82) is 0 Å². The van der Waals surface area contributed by atoms with Gasteiger partial charge < -0.3 is 10.2 Å². The number of fused-ring (bicyclic) bond motifs is 3. The van der Waals surface area contributed by atoms with Gasteiger partial charge in [-0.2, -0.15) is 9.59 Å². The molecule has 1 aliphatic carbocycles. The summed E-state index contributed by atoms with van der Waals surface area (Å²) in [6.07, 6.45) is 7.17. The van der Waals surface area contributed by atoms with E-state index in [0.717, 1.165) is 37.4 Å². The Labute approximate surface area is 201 Å². The van der Waals surface area contributed by atoms with Gasteiger partial charge in [-0.05, 0) is 62.5 Å². The van der Waals surface area contributed by atoms with Crippen LogP contribution in [-0.2, 0) is 22.4 Å². The molecule has 1 N–H and O–H groups in total. The SMILES string of the molecule is Cc1ccc2c(c1)Cc1nc(Cc3ccccc3)nc(NCCCN3CCCCC3)c1-2.O=C=O. The maximum Gasteiger partial charge on any atom is 0.373 e. The second kappa shape index (κ2) is 11.7. The lowest BCUT2D eigenvalue weighted by molar-refractivity contribution is -0.191. The van der Waals surface area contributed by atoms with Crippen LogP contribution in [0.3, 0.4) is 0 Å². The number of carbonyl (C=O) groups excluding carboxylic acids is 2. The lowest BCUT2D eigenvalue weighted by atomic mass is 10.0. The molecule has 1 fully saturated rings. The van der Waals surface area contributed by atoms with Gasteiger partial charge in [-0.3, -0.25) is 0 Å². The van der Waals surface area contributed by atoms with Crippen LogP contribution in [0, 0.1) is 6.92 Å². The van der Waals surface area contributed by atoms with Gasteiger partial charge in [-0.25, -0.2) is 9.97 Å². The number of rotatable bonds is 7. The fraction of sp³-hybridized carbons (Fsp3) is 0.393. The summed E-state index contributed by atoms with van der Waals surface area (Å²) in [5.74, 6) is 1.92. The predicted molar refractivity (Wildman–Crippen MR) is 133 cm³/mol. The predicted octanol–water partition coefficient (Wildman–Crippen LogP) is 4.65. The number of hydrogen-bond donors (Lipinski definition) is 1. The molecule has 0 unspecified atom stereocenters. The van der Waals surface area contributed by atoms with Crippen molar-refractivity contribution in [1.82, 2.24) is 14.9 Å². The van der Waals surface area contributed by atoms with Crippen LogP contribution in [0.4, 0.5) is 5.82 Å². The van der Waals surface area contributed by atoms with Crippen molar-refractivity contribution in [2.75, 3.05) is 31.5 Å². The highest BCUT2D eigenvalue weighted by molar-refractivity contribution is 5.84. The minimum absolute atomic E-state index is 0.250. The second-order valence-corrected chi connectivity index (χ2v) is 9.08. The van der Waals surface area contributed by atoms with Crippen molar-refractivity contribution >= 4 is 12.0 Å². The molecule has 6 heteroatoms. The Balaban J connectivity index is 0.000000868. The first-order valence-corrected chi connectivity index (χ1v) is 12.2. The molecule has 1 saturated heterocycles. The Morgan fingerprint density at radius 1 is 1.00 bits per heavy atom. The third-order valence-electron chi connectivity index (χ3n) is 6.52. The number of aryl methyl sites for hydroxylation is 1. The minimum atomic E-state index is 0.250. The van der Waals surface area contributed by atoms with Crippen LogP contribution in [0.2, 0.25) is 0 Å². The Bertz CT molecular complexity index is 1130. The number of benzene rings is 2. The van der Waals surface area contributed by atoms with Crippen LogP contribution in [0.1, 0.15) is 53.9 Å². The molecule has 2 aliphatic rings. The van der Waals surface area contributed by atoms with Gasteiger partial charge in [0.25, 0.3) is 0 Å². The molecule has 0 spiro atoms. The van der Waals surface area contributed by atoms with Crippen LogP contribution >= 0.6 is 0 Å². The first-order valence-electron chi connectivity index (χ1n) is 12.2. The highest BCUT2D eigenvalue weighted by atomic mass is 16.2. The topological polar surface area (TPSA) is 75.2 Å². The maximum atomic E-state index is 8.12. The number of hydrogen-bond acceptors (Lipinski definition) is 6. The zero-order chi connectivity index (χ0) is 23.8. The zero-order valence-corrected chi connectivity index (χ0v) is 19.8. The molecule has 3 aromatic rings. The smallest absolute Gasteiger partial charge is 0.369 e. The van der Waals surface area contributed by atoms with E-state index in [9.17, 15) is 0 Å². The zero-order valence-electron chi connectivity index (χ0n) is 19.8. The molecule has 2 aromatic carbocycles. The van der Waals surface area contributed by atoms with Gasteiger partial charge in [0.15, 0.2) is 0 Å². The van der Waals surface area contributed by atoms with Crippen molar-refractivity contribution < 1.29 is 9.59 Å². The summed E-state index contributed by atoms with van der Waals surface area (Å²) in [5.41, 5.74) is 7.61.